The molecule has 7 heteroatoms. The van der Waals surface area contributed by atoms with Crippen LogP contribution in [-0.2, 0) is 4.79 Å². The first-order valence-electron chi connectivity index (χ1n) is 9.81. The minimum atomic E-state index is -0.0109. The van der Waals surface area contributed by atoms with E-state index in [0.717, 1.165) is 29.6 Å². The summed E-state index contributed by atoms with van der Waals surface area (Å²) in [6, 6.07) is 17.4. The molecule has 154 valence electrons. The normalized spacial score (nSPS) is 13.5. The molecule has 29 heavy (non-hydrogen) atoms. The number of ether oxygens (including phenoxy) is 2. The van der Waals surface area contributed by atoms with Crippen LogP contribution in [0.5, 0.6) is 11.5 Å². The summed E-state index contributed by atoms with van der Waals surface area (Å²) in [6.07, 6.45) is 0.799. The molecule has 0 fully saturated rings. The van der Waals surface area contributed by atoms with Crippen molar-refractivity contribution in [3.8, 4) is 11.5 Å². The minimum absolute atomic E-state index is 0.0109. The SMILES string of the molecule is CN=C(NCCCN1C(=O)COc2ccccc21)N(C)CCOc1ccccc1. The molecule has 0 unspecified atom stereocenters. The van der Waals surface area contributed by atoms with E-state index in [9.17, 15) is 4.79 Å². The molecule has 0 spiro atoms. The van der Waals surface area contributed by atoms with Crippen molar-refractivity contribution in [2.75, 3.05) is 51.8 Å². The molecule has 2 aromatic rings. The van der Waals surface area contributed by atoms with Crippen LogP contribution in [0.3, 0.4) is 0 Å². The first-order chi connectivity index (χ1) is 14.2. The van der Waals surface area contributed by atoms with Gasteiger partial charge in [0.1, 0.15) is 18.1 Å². The number of amides is 1. The van der Waals surface area contributed by atoms with E-state index in [4.69, 9.17) is 9.47 Å². The number of rotatable bonds is 8. The third-order valence-electron chi connectivity index (χ3n) is 4.66. The predicted molar refractivity (Wildman–Crippen MR) is 115 cm³/mol. The number of hydrogen-bond acceptors (Lipinski definition) is 4. The number of hydrogen-bond donors (Lipinski definition) is 1. The Balaban J connectivity index is 1.41. The molecule has 1 aliphatic rings. The predicted octanol–water partition coefficient (Wildman–Crippen LogP) is 2.39. The number of anilines is 1. The van der Waals surface area contributed by atoms with Gasteiger partial charge in [-0.3, -0.25) is 9.79 Å². The second kappa shape index (κ2) is 10.4. The molecule has 1 amide bonds. The lowest BCUT2D eigenvalue weighted by molar-refractivity contribution is -0.121. The maximum atomic E-state index is 12.2. The molecule has 0 atom stereocenters. The van der Waals surface area contributed by atoms with Crippen LogP contribution >= 0.6 is 0 Å². The summed E-state index contributed by atoms with van der Waals surface area (Å²) in [5, 5.41) is 3.35. The number of carbonyl (C=O) groups is 1. The Hall–Kier alpha value is -3.22. The fourth-order valence-electron chi connectivity index (χ4n) is 3.14. The van der Waals surface area contributed by atoms with Gasteiger partial charge in [0.15, 0.2) is 12.6 Å². The van der Waals surface area contributed by atoms with E-state index in [2.05, 4.69) is 10.3 Å². The zero-order valence-corrected chi connectivity index (χ0v) is 17.0. The molecule has 0 aromatic heterocycles. The highest BCUT2D eigenvalue weighted by atomic mass is 16.5. The molecule has 0 saturated heterocycles. The lowest BCUT2D eigenvalue weighted by atomic mass is 10.2. The lowest BCUT2D eigenvalue weighted by Crippen LogP contribution is -2.43. The monoisotopic (exact) mass is 396 g/mol. The van der Waals surface area contributed by atoms with Gasteiger partial charge in [0.25, 0.3) is 5.91 Å². The summed E-state index contributed by atoms with van der Waals surface area (Å²) >= 11 is 0. The summed E-state index contributed by atoms with van der Waals surface area (Å²) in [6.45, 7) is 2.72. The molecule has 1 aliphatic heterocycles. The van der Waals surface area contributed by atoms with Crippen molar-refractivity contribution in [1.29, 1.82) is 0 Å². The second-order valence-corrected chi connectivity index (χ2v) is 6.71. The second-order valence-electron chi connectivity index (χ2n) is 6.71. The third kappa shape index (κ3) is 5.63. The van der Waals surface area contributed by atoms with Crippen molar-refractivity contribution in [3.63, 3.8) is 0 Å². The molecule has 0 bridgehead atoms. The standard InChI is InChI=1S/C22H28N4O3/c1-23-22(25(2)15-16-28-18-9-4-3-5-10-18)24-13-8-14-26-19-11-6-7-12-20(19)29-17-21(26)27/h3-7,9-12H,8,13-17H2,1-2H3,(H,23,24). The Morgan fingerprint density at radius 3 is 2.76 bits per heavy atom. The van der Waals surface area contributed by atoms with Crippen molar-refractivity contribution >= 4 is 17.6 Å². The van der Waals surface area contributed by atoms with E-state index in [0.29, 0.717) is 26.2 Å². The number of benzene rings is 2. The van der Waals surface area contributed by atoms with Crippen LogP contribution in [0.15, 0.2) is 59.6 Å². The summed E-state index contributed by atoms with van der Waals surface area (Å²) in [5.41, 5.74) is 0.836. The van der Waals surface area contributed by atoms with Crippen molar-refractivity contribution in [1.82, 2.24) is 10.2 Å². The average Bonchev–Trinajstić information content (AvgIpc) is 2.75. The molecule has 7 nitrogen and oxygen atoms in total. The summed E-state index contributed by atoms with van der Waals surface area (Å²) in [5.74, 6) is 2.41. The van der Waals surface area contributed by atoms with Gasteiger partial charge in [0, 0.05) is 27.2 Å². The molecule has 0 radical (unpaired) electrons. The lowest BCUT2D eigenvalue weighted by Gasteiger charge is -2.29. The van der Waals surface area contributed by atoms with E-state index < -0.39 is 0 Å². The van der Waals surface area contributed by atoms with Crippen LogP contribution in [0.4, 0.5) is 5.69 Å². The molecule has 1 heterocycles. The van der Waals surface area contributed by atoms with Gasteiger partial charge in [-0.25, -0.2) is 0 Å². The molecule has 0 aliphatic carbocycles. The number of para-hydroxylation sites is 3. The van der Waals surface area contributed by atoms with Gasteiger partial charge in [-0.2, -0.15) is 0 Å². The maximum Gasteiger partial charge on any atom is 0.265 e. The van der Waals surface area contributed by atoms with E-state index in [1.807, 2.05) is 66.5 Å². The van der Waals surface area contributed by atoms with Gasteiger partial charge < -0.3 is 24.6 Å². The van der Waals surface area contributed by atoms with E-state index in [-0.39, 0.29) is 12.5 Å². The Labute approximate surface area is 171 Å². The molecular weight excluding hydrogens is 368 g/mol. The van der Waals surface area contributed by atoms with Crippen LogP contribution in [-0.4, -0.2) is 63.7 Å². The summed E-state index contributed by atoms with van der Waals surface area (Å²) in [7, 11) is 3.74. The summed E-state index contributed by atoms with van der Waals surface area (Å²) < 4.78 is 11.2. The van der Waals surface area contributed by atoms with Crippen molar-refractivity contribution in [2.24, 2.45) is 4.99 Å². The molecule has 2 aromatic carbocycles. The smallest absolute Gasteiger partial charge is 0.265 e. The Kier molecular flexibility index (Phi) is 7.33. The van der Waals surface area contributed by atoms with Crippen molar-refractivity contribution < 1.29 is 14.3 Å². The fraction of sp³-hybridized carbons (Fsp3) is 0.364. The van der Waals surface area contributed by atoms with Gasteiger partial charge in [-0.05, 0) is 30.7 Å². The quantitative estimate of drug-likeness (QED) is 0.422. The Morgan fingerprint density at radius 1 is 1.21 bits per heavy atom. The number of aliphatic imine (C=N–C) groups is 1. The minimum Gasteiger partial charge on any atom is -0.492 e. The zero-order chi connectivity index (χ0) is 20.5. The van der Waals surface area contributed by atoms with Gasteiger partial charge in [-0.1, -0.05) is 30.3 Å². The Bertz CT molecular complexity index is 826. The third-order valence-corrected chi connectivity index (χ3v) is 4.66. The van der Waals surface area contributed by atoms with Gasteiger partial charge in [0.05, 0.1) is 12.2 Å². The number of carbonyl (C=O) groups excluding carboxylic acids is 1. The first kappa shape index (κ1) is 20.5. The van der Waals surface area contributed by atoms with E-state index in [1.165, 1.54) is 0 Å². The molecule has 3 rings (SSSR count). The number of fused-ring (bicyclic) bond motifs is 1. The Morgan fingerprint density at radius 2 is 1.97 bits per heavy atom. The summed E-state index contributed by atoms with van der Waals surface area (Å²) in [4.78, 5) is 20.4. The molecule has 1 N–H and O–H groups in total. The fourth-order valence-corrected chi connectivity index (χ4v) is 3.14. The molecule has 0 saturated carbocycles. The van der Waals surface area contributed by atoms with Crippen molar-refractivity contribution in [3.05, 3.63) is 54.6 Å². The highest BCUT2D eigenvalue weighted by Gasteiger charge is 2.24. The van der Waals surface area contributed by atoms with Crippen LogP contribution in [0.25, 0.3) is 0 Å². The highest BCUT2D eigenvalue weighted by Crippen LogP contribution is 2.31. The van der Waals surface area contributed by atoms with Gasteiger partial charge in [0.2, 0.25) is 0 Å². The van der Waals surface area contributed by atoms with E-state index >= 15 is 0 Å². The maximum absolute atomic E-state index is 12.2. The number of nitrogens with zero attached hydrogens (tertiary/aromatic N) is 3. The highest BCUT2D eigenvalue weighted by molar-refractivity contribution is 5.97. The number of likely N-dealkylation sites (N-methyl/N-ethyl adjacent to an activating group) is 1. The molecular formula is C22H28N4O3. The van der Waals surface area contributed by atoms with Crippen LogP contribution in [0.1, 0.15) is 6.42 Å². The van der Waals surface area contributed by atoms with E-state index in [1.54, 1.807) is 11.9 Å². The average molecular weight is 396 g/mol. The van der Waals surface area contributed by atoms with Crippen LogP contribution < -0.4 is 19.7 Å². The van der Waals surface area contributed by atoms with Gasteiger partial charge >= 0.3 is 0 Å². The largest absolute Gasteiger partial charge is 0.492 e. The van der Waals surface area contributed by atoms with Crippen molar-refractivity contribution in [2.45, 2.75) is 6.42 Å². The first-order valence-corrected chi connectivity index (χ1v) is 9.81. The zero-order valence-electron chi connectivity index (χ0n) is 17.0. The number of guanidine groups is 1. The number of nitrogens with one attached hydrogen (secondary N) is 1. The van der Waals surface area contributed by atoms with Crippen LogP contribution in [0, 0.1) is 0 Å². The topological polar surface area (TPSA) is 66.4 Å². The van der Waals surface area contributed by atoms with Gasteiger partial charge in [-0.15, -0.1) is 0 Å². The van der Waals surface area contributed by atoms with Crippen LogP contribution in [0.2, 0.25) is 0 Å².